The third-order valence-electron chi connectivity index (χ3n) is 2.35. The van der Waals surface area contributed by atoms with E-state index in [9.17, 15) is 5.11 Å². The molecule has 0 bridgehead atoms. The zero-order valence-electron chi connectivity index (χ0n) is 7.27. The van der Waals surface area contributed by atoms with Gasteiger partial charge < -0.3 is 19.3 Å². The molecule has 4 heteroatoms. The Morgan fingerprint density at radius 2 is 1.92 bits per heavy atom. The third-order valence-corrected chi connectivity index (χ3v) is 2.35. The molecule has 0 aromatic heterocycles. The summed E-state index contributed by atoms with van der Waals surface area (Å²) in [6.07, 6.45) is -0.448. The predicted molar refractivity (Wildman–Crippen MR) is 40.4 cm³/mol. The van der Waals surface area contributed by atoms with Crippen LogP contribution in [0.3, 0.4) is 0 Å². The van der Waals surface area contributed by atoms with Crippen molar-refractivity contribution in [2.75, 3.05) is 0 Å². The Labute approximate surface area is 71.4 Å². The molecule has 0 unspecified atom stereocenters. The second-order valence-electron chi connectivity index (χ2n) is 3.37. The molecule has 5 atom stereocenters. The van der Waals surface area contributed by atoms with E-state index in [1.54, 1.807) is 0 Å². The van der Waals surface area contributed by atoms with E-state index in [1.807, 2.05) is 13.8 Å². The van der Waals surface area contributed by atoms with Crippen molar-refractivity contribution in [2.45, 2.75) is 51.2 Å². The molecule has 2 heterocycles. The first kappa shape index (κ1) is 8.44. The summed E-state index contributed by atoms with van der Waals surface area (Å²) in [6.45, 7) is 3.75. The molecule has 0 radical (unpaired) electrons. The first-order chi connectivity index (χ1) is 5.66. The molecular formula is C8H14O4. The number of rotatable bonds is 0. The van der Waals surface area contributed by atoms with Crippen LogP contribution in [0.15, 0.2) is 0 Å². The number of aliphatic hydroxyl groups excluding tert-OH is 1. The molecule has 2 aliphatic rings. The summed E-state index contributed by atoms with van der Waals surface area (Å²) in [7, 11) is 0. The third kappa shape index (κ3) is 1.35. The molecule has 2 aliphatic heterocycles. The number of hydrogen-bond acceptors (Lipinski definition) is 4. The topological polar surface area (TPSA) is 47.9 Å². The highest BCUT2D eigenvalue weighted by Gasteiger charge is 2.43. The van der Waals surface area contributed by atoms with Crippen molar-refractivity contribution in [3.63, 3.8) is 0 Å². The summed E-state index contributed by atoms with van der Waals surface area (Å²) >= 11 is 0. The lowest BCUT2D eigenvalue weighted by atomic mass is 10.0. The van der Waals surface area contributed by atoms with Crippen LogP contribution in [-0.4, -0.2) is 36.0 Å². The Bertz CT molecular complexity index is 172. The molecule has 2 rings (SSSR count). The Kier molecular flexibility index (Phi) is 2.08. The average molecular weight is 174 g/mol. The van der Waals surface area contributed by atoms with Crippen LogP contribution < -0.4 is 0 Å². The van der Waals surface area contributed by atoms with Crippen LogP contribution >= 0.6 is 0 Å². The molecule has 0 aromatic carbocycles. The summed E-state index contributed by atoms with van der Waals surface area (Å²) in [5, 5.41) is 9.26. The van der Waals surface area contributed by atoms with Crippen molar-refractivity contribution in [3.8, 4) is 0 Å². The molecular weight excluding hydrogens is 160 g/mol. The van der Waals surface area contributed by atoms with Crippen LogP contribution in [0.2, 0.25) is 0 Å². The van der Waals surface area contributed by atoms with E-state index in [-0.39, 0.29) is 24.6 Å². The summed E-state index contributed by atoms with van der Waals surface area (Å²) in [5.74, 6) is 0. The quantitative estimate of drug-likeness (QED) is 0.571. The fourth-order valence-corrected chi connectivity index (χ4v) is 1.85. The van der Waals surface area contributed by atoms with Gasteiger partial charge in [-0.25, -0.2) is 0 Å². The van der Waals surface area contributed by atoms with Gasteiger partial charge in [0.2, 0.25) is 0 Å². The molecule has 70 valence electrons. The maximum absolute atomic E-state index is 9.26. The minimum atomic E-state index is -0.699. The molecule has 0 saturated carbocycles. The largest absolute Gasteiger partial charge is 0.368 e. The summed E-state index contributed by atoms with van der Waals surface area (Å²) in [4.78, 5) is 0. The van der Waals surface area contributed by atoms with E-state index in [1.165, 1.54) is 0 Å². The molecule has 12 heavy (non-hydrogen) atoms. The highest BCUT2D eigenvalue weighted by atomic mass is 16.7. The van der Waals surface area contributed by atoms with E-state index in [4.69, 9.17) is 14.2 Å². The minimum Gasteiger partial charge on any atom is -0.368 e. The van der Waals surface area contributed by atoms with Crippen LogP contribution in [-0.2, 0) is 14.2 Å². The van der Waals surface area contributed by atoms with Crippen LogP contribution in [0.4, 0.5) is 0 Å². The van der Waals surface area contributed by atoms with E-state index in [2.05, 4.69) is 0 Å². The second kappa shape index (κ2) is 2.96. The summed E-state index contributed by atoms with van der Waals surface area (Å²) in [6, 6.07) is 0. The van der Waals surface area contributed by atoms with Crippen molar-refractivity contribution in [1.82, 2.24) is 0 Å². The lowest BCUT2D eigenvalue weighted by molar-refractivity contribution is -0.202. The molecule has 0 spiro atoms. The Hall–Kier alpha value is -0.160. The normalized spacial score (nSPS) is 53.8. The molecule has 0 aliphatic carbocycles. The molecule has 2 fully saturated rings. The minimum absolute atomic E-state index is 0.00116. The van der Waals surface area contributed by atoms with Gasteiger partial charge in [0.15, 0.2) is 12.6 Å². The number of hydrogen-bond donors (Lipinski definition) is 1. The maximum Gasteiger partial charge on any atom is 0.157 e. The van der Waals surface area contributed by atoms with Crippen LogP contribution in [0.5, 0.6) is 0 Å². The van der Waals surface area contributed by atoms with E-state index in [0.717, 1.165) is 0 Å². The van der Waals surface area contributed by atoms with Crippen LogP contribution in [0, 0.1) is 0 Å². The van der Waals surface area contributed by atoms with Gasteiger partial charge in [-0.1, -0.05) is 0 Å². The SMILES string of the molecule is C[C@H]1O[C@H]2[C@H](C[C@@H](O)O[C@@H]2C)O1. The lowest BCUT2D eigenvalue weighted by Gasteiger charge is -2.32. The molecule has 1 N–H and O–H groups in total. The van der Waals surface area contributed by atoms with Crippen LogP contribution in [0.25, 0.3) is 0 Å². The van der Waals surface area contributed by atoms with Gasteiger partial charge in [-0.2, -0.15) is 0 Å². The predicted octanol–water partition coefficient (Wildman–Crippen LogP) is 0.244. The molecule has 0 amide bonds. The highest BCUT2D eigenvalue weighted by molar-refractivity contribution is 4.86. The first-order valence-corrected chi connectivity index (χ1v) is 4.31. The Morgan fingerprint density at radius 3 is 2.67 bits per heavy atom. The van der Waals surface area contributed by atoms with Gasteiger partial charge in [-0.3, -0.25) is 0 Å². The zero-order valence-corrected chi connectivity index (χ0v) is 7.27. The van der Waals surface area contributed by atoms with Crippen molar-refractivity contribution in [3.05, 3.63) is 0 Å². The Morgan fingerprint density at radius 1 is 1.17 bits per heavy atom. The number of fused-ring (bicyclic) bond motifs is 1. The molecule has 4 nitrogen and oxygen atoms in total. The van der Waals surface area contributed by atoms with Gasteiger partial charge in [0, 0.05) is 6.42 Å². The first-order valence-electron chi connectivity index (χ1n) is 4.31. The average Bonchev–Trinajstić information content (AvgIpc) is 2.29. The van der Waals surface area contributed by atoms with Crippen molar-refractivity contribution in [1.29, 1.82) is 0 Å². The summed E-state index contributed by atoms with van der Waals surface area (Å²) in [5.41, 5.74) is 0. The second-order valence-corrected chi connectivity index (χ2v) is 3.37. The number of aliphatic hydroxyl groups is 1. The fourth-order valence-electron chi connectivity index (χ4n) is 1.85. The van der Waals surface area contributed by atoms with Gasteiger partial charge in [0.1, 0.15) is 6.10 Å². The van der Waals surface area contributed by atoms with E-state index < -0.39 is 6.29 Å². The maximum atomic E-state index is 9.26. The van der Waals surface area contributed by atoms with Gasteiger partial charge in [0.05, 0.1) is 12.2 Å². The Balaban J connectivity index is 2.05. The van der Waals surface area contributed by atoms with E-state index in [0.29, 0.717) is 6.42 Å². The van der Waals surface area contributed by atoms with Gasteiger partial charge >= 0.3 is 0 Å². The molecule has 2 saturated heterocycles. The van der Waals surface area contributed by atoms with Crippen molar-refractivity contribution in [2.24, 2.45) is 0 Å². The number of ether oxygens (including phenoxy) is 3. The van der Waals surface area contributed by atoms with Crippen molar-refractivity contribution < 1.29 is 19.3 Å². The smallest absolute Gasteiger partial charge is 0.157 e. The van der Waals surface area contributed by atoms with Crippen LogP contribution in [0.1, 0.15) is 20.3 Å². The van der Waals surface area contributed by atoms with Gasteiger partial charge in [-0.15, -0.1) is 0 Å². The van der Waals surface area contributed by atoms with Gasteiger partial charge in [0.25, 0.3) is 0 Å². The lowest BCUT2D eigenvalue weighted by Crippen LogP contribution is -2.45. The standard InChI is InChI=1S/C8H14O4/c1-4-8-6(3-7(9)10-4)11-5(2)12-8/h4-9H,3H2,1-2H3/t4-,5-,6+,7+,8-/m1/s1. The highest BCUT2D eigenvalue weighted by Crippen LogP contribution is 2.30. The fraction of sp³-hybridized carbons (Fsp3) is 1.00. The summed E-state index contributed by atoms with van der Waals surface area (Å²) < 4.78 is 16.1. The molecule has 0 aromatic rings. The van der Waals surface area contributed by atoms with Gasteiger partial charge in [-0.05, 0) is 13.8 Å². The zero-order chi connectivity index (χ0) is 8.72. The van der Waals surface area contributed by atoms with Crippen molar-refractivity contribution >= 4 is 0 Å². The van der Waals surface area contributed by atoms with E-state index >= 15 is 0 Å². The monoisotopic (exact) mass is 174 g/mol.